The quantitative estimate of drug-likeness (QED) is 0.146. The highest BCUT2D eigenvalue weighted by Gasteiger charge is 2.50. The minimum Gasteiger partial charge on any atom is -0.497 e. The maximum atomic E-state index is 13.3. The Kier molecular flexibility index (Phi) is 12.3. The van der Waals surface area contributed by atoms with Gasteiger partial charge in [0.1, 0.15) is 29.8 Å². The zero-order valence-corrected chi connectivity index (χ0v) is 29.7. The van der Waals surface area contributed by atoms with E-state index in [1.165, 1.54) is 0 Å². The molecule has 0 radical (unpaired) electrons. The maximum Gasteiger partial charge on any atom is 0.408 e. The Bertz CT molecular complexity index is 1460. The van der Waals surface area contributed by atoms with Gasteiger partial charge in [0.2, 0.25) is 0 Å². The van der Waals surface area contributed by atoms with Gasteiger partial charge in [0.15, 0.2) is 0 Å². The van der Waals surface area contributed by atoms with Gasteiger partial charge >= 0.3 is 6.09 Å². The Hall–Kier alpha value is -4.11. The van der Waals surface area contributed by atoms with Crippen molar-refractivity contribution in [2.24, 2.45) is 0 Å². The monoisotopic (exact) mass is 655 g/mol. The van der Waals surface area contributed by atoms with Crippen molar-refractivity contribution in [3.8, 4) is 11.5 Å². The fraction of sp³-hybridized carbons (Fsp3) is 0.359. The van der Waals surface area contributed by atoms with Crippen LogP contribution in [0.1, 0.15) is 47.1 Å². The number of benzene rings is 4. The van der Waals surface area contributed by atoms with Crippen LogP contribution in [0.3, 0.4) is 0 Å². The summed E-state index contributed by atoms with van der Waals surface area (Å²) in [4.78, 5) is 13.3. The van der Waals surface area contributed by atoms with Crippen LogP contribution in [0.15, 0.2) is 115 Å². The molecule has 250 valence electrons. The van der Waals surface area contributed by atoms with Crippen LogP contribution in [0.25, 0.3) is 0 Å². The molecule has 4 aromatic carbocycles. The van der Waals surface area contributed by atoms with Crippen LogP contribution in [0, 0.1) is 0 Å². The van der Waals surface area contributed by atoms with Gasteiger partial charge in [0, 0.05) is 0 Å². The summed E-state index contributed by atoms with van der Waals surface area (Å²) in [6.07, 6.45) is -1.15. The topological polar surface area (TPSA) is 75.3 Å². The zero-order valence-electron chi connectivity index (χ0n) is 28.7. The number of methoxy groups -OCH3 is 1. The third-order valence-electron chi connectivity index (χ3n) is 7.83. The van der Waals surface area contributed by atoms with Crippen molar-refractivity contribution in [1.82, 2.24) is 5.32 Å². The SMILES string of the molecule is COc1ccc(OC[C@@H](NC(=O)OC(C)(C)C)[C@H](CO[Si](c2ccccc2)(c2ccccc2)C(C)(C)C)OCc2ccccc2)cc1. The zero-order chi connectivity index (χ0) is 33.9. The maximum absolute atomic E-state index is 13.3. The van der Waals surface area contributed by atoms with Crippen molar-refractivity contribution in [2.75, 3.05) is 20.3 Å². The first-order valence-electron chi connectivity index (χ1n) is 16.1. The van der Waals surface area contributed by atoms with Crippen molar-refractivity contribution in [2.45, 2.75) is 70.9 Å². The normalized spacial score (nSPS) is 13.3. The molecule has 0 aromatic heterocycles. The molecule has 1 N–H and O–H groups in total. The summed E-state index contributed by atoms with van der Waals surface area (Å²) < 4.78 is 31.2. The summed E-state index contributed by atoms with van der Waals surface area (Å²) in [6.45, 7) is 12.9. The number of rotatable bonds is 14. The van der Waals surface area contributed by atoms with Crippen molar-refractivity contribution in [3.05, 3.63) is 121 Å². The molecule has 2 atom stereocenters. The molecule has 0 aliphatic carbocycles. The largest absolute Gasteiger partial charge is 0.497 e. The van der Waals surface area contributed by atoms with Gasteiger partial charge in [-0.15, -0.1) is 0 Å². The average Bonchev–Trinajstić information content (AvgIpc) is 3.05. The Morgan fingerprint density at radius 2 is 1.21 bits per heavy atom. The van der Waals surface area contributed by atoms with Gasteiger partial charge in [-0.1, -0.05) is 112 Å². The second-order valence-electron chi connectivity index (χ2n) is 13.5. The lowest BCUT2D eigenvalue weighted by atomic mass is 10.1. The van der Waals surface area contributed by atoms with Gasteiger partial charge in [0.25, 0.3) is 8.32 Å². The van der Waals surface area contributed by atoms with Gasteiger partial charge in [-0.3, -0.25) is 0 Å². The van der Waals surface area contributed by atoms with Gasteiger partial charge in [-0.25, -0.2) is 4.79 Å². The first-order valence-corrected chi connectivity index (χ1v) is 18.0. The van der Waals surface area contributed by atoms with E-state index in [0.29, 0.717) is 12.4 Å². The van der Waals surface area contributed by atoms with Crippen molar-refractivity contribution < 1.29 is 28.2 Å². The molecule has 0 fully saturated rings. The van der Waals surface area contributed by atoms with E-state index < -0.39 is 32.2 Å². The Morgan fingerprint density at radius 1 is 0.702 bits per heavy atom. The molecule has 7 nitrogen and oxygen atoms in total. The van der Waals surface area contributed by atoms with E-state index in [1.807, 2.05) is 87.5 Å². The number of hydrogen-bond donors (Lipinski definition) is 1. The summed E-state index contributed by atoms with van der Waals surface area (Å²) in [5.41, 5.74) is 0.326. The number of carbonyl (C=O) groups is 1. The molecule has 1 amide bonds. The molecular weight excluding hydrogens is 607 g/mol. The number of nitrogens with one attached hydrogen (secondary N) is 1. The summed E-state index contributed by atoms with van der Waals surface area (Å²) in [7, 11) is -1.30. The van der Waals surface area contributed by atoms with Crippen molar-refractivity contribution in [1.29, 1.82) is 0 Å². The highest BCUT2D eigenvalue weighted by Crippen LogP contribution is 2.37. The first kappa shape index (κ1) is 35.7. The highest BCUT2D eigenvalue weighted by atomic mass is 28.4. The average molecular weight is 656 g/mol. The summed E-state index contributed by atoms with van der Waals surface area (Å²) >= 11 is 0. The van der Waals surface area contributed by atoms with Crippen LogP contribution in [-0.4, -0.2) is 52.5 Å². The molecule has 8 heteroatoms. The van der Waals surface area contributed by atoms with Crippen LogP contribution >= 0.6 is 0 Å². The molecule has 4 aromatic rings. The van der Waals surface area contributed by atoms with Crippen LogP contribution in [0.4, 0.5) is 4.79 Å². The number of ether oxygens (including phenoxy) is 4. The smallest absolute Gasteiger partial charge is 0.408 e. The van der Waals surface area contributed by atoms with Crippen molar-refractivity contribution >= 4 is 24.8 Å². The van der Waals surface area contributed by atoms with Crippen LogP contribution in [-0.2, 0) is 20.5 Å². The van der Waals surface area contributed by atoms with Crippen molar-refractivity contribution in [3.63, 3.8) is 0 Å². The Morgan fingerprint density at radius 3 is 1.70 bits per heavy atom. The molecule has 0 heterocycles. The lowest BCUT2D eigenvalue weighted by Crippen LogP contribution is -2.67. The number of hydrogen-bond acceptors (Lipinski definition) is 6. The second kappa shape index (κ2) is 16.1. The molecule has 47 heavy (non-hydrogen) atoms. The summed E-state index contributed by atoms with van der Waals surface area (Å²) in [6, 6.07) is 37.6. The molecule has 4 rings (SSSR count). The van der Waals surface area contributed by atoms with Gasteiger partial charge in [-0.05, 0) is 66.0 Å². The number of carbonyl (C=O) groups excluding carboxylic acids is 1. The predicted molar refractivity (Wildman–Crippen MR) is 190 cm³/mol. The molecule has 0 aliphatic heterocycles. The molecular formula is C39H49NO6Si. The lowest BCUT2D eigenvalue weighted by Gasteiger charge is -2.44. The van der Waals surface area contributed by atoms with E-state index in [9.17, 15) is 4.79 Å². The fourth-order valence-electron chi connectivity index (χ4n) is 5.59. The van der Waals surface area contributed by atoms with Crippen LogP contribution in [0.5, 0.6) is 11.5 Å². The summed E-state index contributed by atoms with van der Waals surface area (Å²) in [5, 5.41) is 5.13. The second-order valence-corrected chi connectivity index (χ2v) is 17.9. The minimum atomic E-state index is -2.92. The Balaban J connectivity index is 1.73. The van der Waals surface area contributed by atoms with E-state index in [4.69, 9.17) is 23.4 Å². The van der Waals surface area contributed by atoms with E-state index >= 15 is 0 Å². The molecule has 0 unspecified atom stereocenters. The fourth-order valence-corrected chi connectivity index (χ4v) is 10.2. The van der Waals surface area contributed by atoms with E-state index in [-0.39, 0.29) is 18.3 Å². The summed E-state index contributed by atoms with van der Waals surface area (Å²) in [5.74, 6) is 1.36. The third kappa shape index (κ3) is 9.94. The van der Waals surface area contributed by atoms with Crippen LogP contribution in [0.2, 0.25) is 5.04 Å². The number of amides is 1. The standard InChI is InChI=1S/C39H49NO6Si/c1-38(2,3)46-37(41)40-35(28-43-32-25-23-31(42-7)24-26-32)36(44-27-30-17-11-8-12-18-30)29-45-47(39(4,5)6,33-19-13-9-14-20-33)34-21-15-10-16-22-34/h8-26,35-36H,27-29H2,1-7H3,(H,40,41)/t35-,36+/m1/s1. The molecule has 0 saturated heterocycles. The molecule has 0 bridgehead atoms. The molecule has 0 saturated carbocycles. The van der Waals surface area contributed by atoms with E-state index in [2.05, 4.69) is 74.6 Å². The minimum absolute atomic E-state index is 0.120. The van der Waals surface area contributed by atoms with Crippen LogP contribution < -0.4 is 25.2 Å². The highest BCUT2D eigenvalue weighted by molar-refractivity contribution is 6.99. The third-order valence-corrected chi connectivity index (χ3v) is 12.8. The number of alkyl carbamates (subject to hydrolysis) is 1. The predicted octanol–water partition coefficient (Wildman–Crippen LogP) is 7.13. The van der Waals surface area contributed by atoms with Gasteiger partial charge in [0.05, 0.1) is 26.4 Å². The van der Waals surface area contributed by atoms with Gasteiger partial charge in [-0.2, -0.15) is 0 Å². The first-order chi connectivity index (χ1) is 22.4. The van der Waals surface area contributed by atoms with E-state index in [0.717, 1.165) is 21.7 Å². The molecule has 0 spiro atoms. The van der Waals surface area contributed by atoms with E-state index in [1.54, 1.807) is 7.11 Å². The Labute approximate surface area is 281 Å². The lowest BCUT2D eigenvalue weighted by molar-refractivity contribution is -0.0282. The van der Waals surface area contributed by atoms with Gasteiger partial charge < -0.3 is 28.7 Å². The molecule has 0 aliphatic rings.